The molecule has 1 saturated heterocycles. The number of carbonyl (C=O) groups excluding carboxylic acids is 1. The first kappa shape index (κ1) is 19.8. The van der Waals surface area contributed by atoms with Crippen LogP contribution < -0.4 is 10.2 Å². The van der Waals surface area contributed by atoms with E-state index in [9.17, 15) is 13.6 Å². The zero-order chi connectivity index (χ0) is 22.7. The van der Waals surface area contributed by atoms with Gasteiger partial charge in [0, 0.05) is 23.9 Å². The highest BCUT2D eigenvalue weighted by atomic mass is 19.1. The molecule has 166 valence electrons. The summed E-state index contributed by atoms with van der Waals surface area (Å²) in [6.07, 6.45) is 4.98. The molecule has 8 heteroatoms. The largest absolute Gasteiger partial charge is 0.346 e. The van der Waals surface area contributed by atoms with Gasteiger partial charge in [0.25, 0.3) is 5.91 Å². The van der Waals surface area contributed by atoms with E-state index >= 15 is 0 Å². The Bertz CT molecular complexity index is 1400. The fraction of sp³-hybridized carbons (Fsp3) is 0.240. The van der Waals surface area contributed by atoms with Gasteiger partial charge >= 0.3 is 0 Å². The number of rotatable bonds is 4. The predicted molar refractivity (Wildman–Crippen MR) is 120 cm³/mol. The van der Waals surface area contributed by atoms with E-state index in [2.05, 4.69) is 15.3 Å². The minimum Gasteiger partial charge on any atom is -0.346 e. The van der Waals surface area contributed by atoms with Crippen molar-refractivity contribution in [3.63, 3.8) is 0 Å². The molecule has 1 amide bonds. The van der Waals surface area contributed by atoms with Gasteiger partial charge in [-0.2, -0.15) is 5.10 Å². The molecule has 4 aromatic rings. The first-order valence-corrected chi connectivity index (χ1v) is 10.9. The minimum absolute atomic E-state index is 0.251. The van der Waals surface area contributed by atoms with Crippen LogP contribution in [0.2, 0.25) is 0 Å². The quantitative estimate of drug-likeness (QED) is 0.495. The van der Waals surface area contributed by atoms with E-state index in [1.807, 2.05) is 25.1 Å². The van der Waals surface area contributed by atoms with Crippen molar-refractivity contribution >= 4 is 23.1 Å². The molecule has 0 radical (unpaired) electrons. The Labute approximate surface area is 188 Å². The lowest BCUT2D eigenvalue weighted by Gasteiger charge is -2.30. The van der Waals surface area contributed by atoms with Gasteiger partial charge in [0.05, 0.1) is 11.7 Å². The molecular formula is C25H21F2N5O. The molecule has 33 heavy (non-hydrogen) atoms. The second-order valence-electron chi connectivity index (χ2n) is 8.82. The molecule has 2 aromatic heterocycles. The smallest absolute Gasteiger partial charge is 0.255 e. The molecule has 3 heterocycles. The summed E-state index contributed by atoms with van der Waals surface area (Å²) >= 11 is 0. The maximum Gasteiger partial charge on any atom is 0.255 e. The van der Waals surface area contributed by atoms with Crippen molar-refractivity contribution in [2.24, 2.45) is 5.92 Å². The summed E-state index contributed by atoms with van der Waals surface area (Å²) in [5.74, 6) is -0.186. The number of halogens is 2. The molecule has 2 aromatic carbocycles. The van der Waals surface area contributed by atoms with Crippen LogP contribution >= 0.6 is 0 Å². The molecule has 1 aliphatic heterocycles. The van der Waals surface area contributed by atoms with Crippen LogP contribution in [0, 0.1) is 24.5 Å². The van der Waals surface area contributed by atoms with Crippen LogP contribution in [0.25, 0.3) is 5.65 Å². The third-order valence-corrected chi connectivity index (χ3v) is 6.84. The number of aromatic nitrogens is 3. The number of hydrogen-bond donors (Lipinski definition) is 1. The average Bonchev–Trinajstić information content (AvgIpc) is 3.21. The van der Waals surface area contributed by atoms with Crippen molar-refractivity contribution in [3.8, 4) is 0 Å². The second-order valence-corrected chi connectivity index (χ2v) is 8.82. The van der Waals surface area contributed by atoms with Crippen molar-refractivity contribution in [1.29, 1.82) is 0 Å². The molecule has 0 unspecified atom stereocenters. The van der Waals surface area contributed by atoms with E-state index in [-0.39, 0.29) is 11.8 Å². The number of carbonyl (C=O) groups is 1. The Morgan fingerprint density at radius 2 is 1.97 bits per heavy atom. The summed E-state index contributed by atoms with van der Waals surface area (Å²) in [5.41, 5.74) is 2.39. The standard InChI is InChI=1S/C25H21F2N5O/c1-15-2-4-16(5-3-15)24(33)29-21-14-28-32-11-9-22(30-23(21)32)31-10-8-17-13-25(17,31)19-12-18(26)6-7-20(19)27/h2-7,9,11-12,14,17H,8,10,13H2,1H3,(H,29,33)/t17-,25+/m0/s1. The maximum absolute atomic E-state index is 14.7. The number of fused-ring (bicyclic) bond motifs is 2. The van der Waals surface area contributed by atoms with Crippen LogP contribution in [0.4, 0.5) is 20.3 Å². The van der Waals surface area contributed by atoms with Gasteiger partial charge in [0.1, 0.15) is 23.1 Å². The highest BCUT2D eigenvalue weighted by Crippen LogP contribution is 2.63. The Balaban J connectivity index is 1.35. The Hall–Kier alpha value is -3.81. The maximum atomic E-state index is 14.7. The van der Waals surface area contributed by atoms with Crippen molar-refractivity contribution in [2.75, 3.05) is 16.8 Å². The first-order chi connectivity index (χ1) is 16.0. The summed E-state index contributed by atoms with van der Waals surface area (Å²) in [5, 5.41) is 7.17. The van der Waals surface area contributed by atoms with Gasteiger partial charge < -0.3 is 10.2 Å². The second kappa shape index (κ2) is 7.10. The monoisotopic (exact) mass is 445 g/mol. The van der Waals surface area contributed by atoms with Crippen LogP contribution in [-0.2, 0) is 5.54 Å². The van der Waals surface area contributed by atoms with Crippen molar-refractivity contribution < 1.29 is 13.6 Å². The minimum atomic E-state index is -0.580. The Morgan fingerprint density at radius 1 is 1.15 bits per heavy atom. The number of piperidine rings is 1. The highest BCUT2D eigenvalue weighted by Gasteiger charge is 2.64. The van der Waals surface area contributed by atoms with Crippen molar-refractivity contribution in [1.82, 2.24) is 14.6 Å². The fourth-order valence-electron chi connectivity index (χ4n) is 5.09. The Kier molecular flexibility index (Phi) is 4.27. The van der Waals surface area contributed by atoms with E-state index < -0.39 is 17.2 Å². The summed E-state index contributed by atoms with van der Waals surface area (Å²) in [6.45, 7) is 2.66. The average molecular weight is 445 g/mol. The fourth-order valence-corrected chi connectivity index (χ4v) is 5.09. The SMILES string of the molecule is Cc1ccc(C(=O)Nc2cnn3ccc(N4CC[C@H]5C[C@]54c4cc(F)ccc4F)nc23)cc1. The number of nitrogens with zero attached hydrogens (tertiary/aromatic N) is 4. The third-order valence-electron chi connectivity index (χ3n) is 6.84. The van der Waals surface area contributed by atoms with Gasteiger partial charge in [0.2, 0.25) is 0 Å². The van der Waals surface area contributed by atoms with E-state index in [0.29, 0.717) is 34.8 Å². The summed E-state index contributed by atoms with van der Waals surface area (Å²) in [7, 11) is 0. The highest BCUT2D eigenvalue weighted by molar-refractivity contribution is 6.06. The lowest BCUT2D eigenvalue weighted by molar-refractivity contribution is 0.102. The molecule has 2 fully saturated rings. The Morgan fingerprint density at radius 3 is 2.76 bits per heavy atom. The summed E-state index contributed by atoms with van der Waals surface area (Å²) < 4.78 is 30.3. The molecular weight excluding hydrogens is 424 g/mol. The summed E-state index contributed by atoms with van der Waals surface area (Å²) in [4.78, 5) is 19.5. The number of anilines is 2. The molecule has 1 saturated carbocycles. The number of hydrogen-bond acceptors (Lipinski definition) is 4. The molecule has 6 rings (SSSR count). The molecule has 0 spiro atoms. The molecule has 2 aliphatic rings. The predicted octanol–water partition coefficient (Wildman–Crippen LogP) is 4.69. The normalized spacial score (nSPS) is 21.3. The van der Waals surface area contributed by atoms with E-state index in [1.54, 1.807) is 29.0 Å². The van der Waals surface area contributed by atoms with Crippen molar-refractivity contribution in [2.45, 2.75) is 25.3 Å². The number of aryl methyl sites for hydroxylation is 1. The summed E-state index contributed by atoms with van der Waals surface area (Å²) in [6, 6.07) is 12.8. The molecule has 6 nitrogen and oxygen atoms in total. The van der Waals surface area contributed by atoms with Gasteiger partial charge in [-0.1, -0.05) is 17.7 Å². The zero-order valence-corrected chi connectivity index (χ0v) is 17.9. The van der Waals surface area contributed by atoms with Crippen LogP contribution in [0.5, 0.6) is 0 Å². The van der Waals surface area contributed by atoms with Crippen LogP contribution in [0.3, 0.4) is 0 Å². The van der Waals surface area contributed by atoms with Crippen LogP contribution in [-0.4, -0.2) is 27.0 Å². The van der Waals surface area contributed by atoms with Gasteiger partial charge in [0.15, 0.2) is 5.65 Å². The number of benzene rings is 2. The van der Waals surface area contributed by atoms with Crippen LogP contribution in [0.1, 0.15) is 34.3 Å². The van der Waals surface area contributed by atoms with Crippen LogP contribution in [0.15, 0.2) is 60.9 Å². The first-order valence-electron chi connectivity index (χ1n) is 10.9. The molecule has 1 N–H and O–H groups in total. The number of nitrogens with one attached hydrogen (secondary N) is 1. The van der Waals surface area contributed by atoms with Gasteiger partial charge in [-0.15, -0.1) is 0 Å². The topological polar surface area (TPSA) is 62.5 Å². The zero-order valence-electron chi connectivity index (χ0n) is 17.9. The third kappa shape index (κ3) is 3.08. The molecule has 1 aliphatic carbocycles. The lowest BCUT2D eigenvalue weighted by Crippen LogP contribution is -2.34. The van der Waals surface area contributed by atoms with E-state index in [4.69, 9.17) is 4.98 Å². The van der Waals surface area contributed by atoms with Gasteiger partial charge in [-0.3, -0.25) is 4.79 Å². The van der Waals surface area contributed by atoms with Gasteiger partial charge in [-0.25, -0.2) is 18.3 Å². The molecule has 2 atom stereocenters. The lowest BCUT2D eigenvalue weighted by atomic mass is 10.0. The number of amides is 1. The van der Waals surface area contributed by atoms with E-state index in [1.165, 1.54) is 12.1 Å². The molecule has 0 bridgehead atoms. The van der Waals surface area contributed by atoms with Crippen molar-refractivity contribution in [3.05, 3.63) is 89.2 Å². The van der Waals surface area contributed by atoms with E-state index in [0.717, 1.165) is 24.5 Å². The van der Waals surface area contributed by atoms with Gasteiger partial charge in [-0.05, 0) is 62.1 Å².